The second-order valence-electron chi connectivity index (χ2n) is 13.3. The molecule has 1 aromatic rings. The van der Waals surface area contributed by atoms with Crippen molar-refractivity contribution in [2.24, 2.45) is 22.7 Å². The molecular weight excluding hydrogens is 566 g/mol. The number of hydrogen-bond acceptors (Lipinski definition) is 9. The molecule has 4 aliphatic rings. The van der Waals surface area contributed by atoms with E-state index in [1.165, 1.54) is 12.3 Å². The zero-order valence-corrected chi connectivity index (χ0v) is 25.5. The van der Waals surface area contributed by atoms with E-state index in [0.29, 0.717) is 49.8 Å². The lowest BCUT2D eigenvalue weighted by Crippen LogP contribution is -3.11. The number of hydrogen-bond donors (Lipinski definition) is 3. The first-order chi connectivity index (χ1) is 19.4. The standard InChI is InChI=1S/C31H43NO9.ClH/c1-4-39-26(35)16-32(3)17-27(36)41-21-7-12-29(19-33)23-8-11-28(2)22(20-5-6-25(34)40-18-20)10-14-31(28,38)24(23)9-13-30(29,37)15-21;/h5-6,18-19,21-24,37-38H,4,7-17H2,1-3H3;1H. The highest BCUT2D eigenvalue weighted by Crippen LogP contribution is 2.71. The number of carbonyl (C=O) groups excluding carboxylic acids is 3. The molecule has 9 unspecified atom stereocenters. The Morgan fingerprint density at radius 2 is 1.76 bits per heavy atom. The maximum absolute atomic E-state index is 13.0. The predicted octanol–water partition coefficient (Wildman–Crippen LogP) is -1.83. The Labute approximate surface area is 252 Å². The molecule has 0 radical (unpaired) electrons. The molecule has 0 aromatic carbocycles. The van der Waals surface area contributed by atoms with Crippen LogP contribution >= 0.6 is 0 Å². The molecule has 234 valence electrons. The molecule has 42 heavy (non-hydrogen) atoms. The second kappa shape index (κ2) is 12.0. The molecule has 1 heterocycles. The smallest absolute Gasteiger partial charge is 0.361 e. The van der Waals surface area contributed by atoms with Gasteiger partial charge in [0.1, 0.15) is 12.4 Å². The number of esters is 2. The summed E-state index contributed by atoms with van der Waals surface area (Å²) in [6.45, 7) is 4.18. The first-order valence-corrected chi connectivity index (χ1v) is 15.1. The number of nitrogens with one attached hydrogen (secondary N) is 1. The average molecular weight is 610 g/mol. The highest BCUT2D eigenvalue weighted by molar-refractivity contribution is 5.72. The van der Waals surface area contributed by atoms with E-state index < -0.39 is 39.7 Å². The van der Waals surface area contributed by atoms with Crippen LogP contribution < -0.4 is 22.9 Å². The summed E-state index contributed by atoms with van der Waals surface area (Å²) >= 11 is 0. The minimum absolute atomic E-state index is 0. The molecule has 4 aliphatic carbocycles. The number of likely N-dealkylation sites (N-methyl/N-ethyl adjacent to an activating group) is 1. The third-order valence-corrected chi connectivity index (χ3v) is 11.3. The van der Waals surface area contributed by atoms with Gasteiger partial charge in [-0.1, -0.05) is 6.92 Å². The van der Waals surface area contributed by atoms with Gasteiger partial charge in [0, 0.05) is 17.9 Å². The van der Waals surface area contributed by atoms with Crippen LogP contribution in [0.3, 0.4) is 0 Å². The fraction of sp³-hybridized carbons (Fsp3) is 0.742. The van der Waals surface area contributed by atoms with Gasteiger partial charge in [-0.15, -0.1) is 0 Å². The minimum Gasteiger partial charge on any atom is -1.00 e. The lowest BCUT2D eigenvalue weighted by Gasteiger charge is -2.65. The minimum atomic E-state index is -1.33. The van der Waals surface area contributed by atoms with E-state index in [0.717, 1.165) is 18.3 Å². The van der Waals surface area contributed by atoms with E-state index in [4.69, 9.17) is 13.9 Å². The lowest BCUT2D eigenvalue weighted by atomic mass is 9.41. The van der Waals surface area contributed by atoms with Crippen LogP contribution in [0.5, 0.6) is 0 Å². The van der Waals surface area contributed by atoms with E-state index in [2.05, 4.69) is 6.92 Å². The third kappa shape index (κ3) is 5.22. The number of quaternary nitrogens is 1. The number of fused-ring (bicyclic) bond motifs is 5. The van der Waals surface area contributed by atoms with E-state index in [1.54, 1.807) is 20.0 Å². The van der Waals surface area contributed by atoms with Gasteiger partial charge in [0.15, 0.2) is 13.1 Å². The molecule has 3 N–H and O–H groups in total. The fourth-order valence-corrected chi connectivity index (χ4v) is 9.33. The quantitative estimate of drug-likeness (QED) is 0.229. The van der Waals surface area contributed by atoms with Crippen LogP contribution in [-0.2, 0) is 23.9 Å². The van der Waals surface area contributed by atoms with E-state index in [-0.39, 0.29) is 62.2 Å². The van der Waals surface area contributed by atoms with Crippen molar-refractivity contribution in [3.63, 3.8) is 0 Å². The Morgan fingerprint density at radius 1 is 1.05 bits per heavy atom. The molecule has 11 heteroatoms. The summed E-state index contributed by atoms with van der Waals surface area (Å²) in [5.74, 6) is -1.13. The summed E-state index contributed by atoms with van der Waals surface area (Å²) in [5, 5.41) is 24.4. The first kappa shape index (κ1) is 32.6. The van der Waals surface area contributed by atoms with Crippen molar-refractivity contribution < 1.29 is 55.8 Å². The van der Waals surface area contributed by atoms with Gasteiger partial charge in [-0.25, -0.2) is 14.4 Å². The summed E-state index contributed by atoms with van der Waals surface area (Å²) in [4.78, 5) is 49.6. The lowest BCUT2D eigenvalue weighted by molar-refractivity contribution is -0.864. The summed E-state index contributed by atoms with van der Waals surface area (Å²) < 4.78 is 15.9. The van der Waals surface area contributed by atoms with Crippen LogP contribution in [0.1, 0.15) is 83.1 Å². The van der Waals surface area contributed by atoms with E-state index in [9.17, 15) is 29.4 Å². The van der Waals surface area contributed by atoms with Crippen molar-refractivity contribution in [3.05, 3.63) is 34.4 Å². The summed E-state index contributed by atoms with van der Waals surface area (Å²) in [5.41, 5.74) is -3.28. The van der Waals surface area contributed by atoms with Gasteiger partial charge in [-0.05, 0) is 87.7 Å². The highest BCUT2D eigenvalue weighted by atomic mass is 35.5. The van der Waals surface area contributed by atoms with Crippen LogP contribution in [0.2, 0.25) is 0 Å². The Balaban J connectivity index is 0.00000405. The number of halogens is 1. The zero-order chi connectivity index (χ0) is 29.6. The molecule has 0 amide bonds. The fourth-order valence-electron chi connectivity index (χ4n) is 9.33. The second-order valence-corrected chi connectivity index (χ2v) is 13.3. The summed E-state index contributed by atoms with van der Waals surface area (Å²) in [6, 6.07) is 3.22. The van der Waals surface area contributed by atoms with Crippen LogP contribution in [0.4, 0.5) is 0 Å². The average Bonchev–Trinajstić information content (AvgIpc) is 3.19. The molecule has 0 saturated heterocycles. The van der Waals surface area contributed by atoms with Crippen LogP contribution in [0.15, 0.2) is 27.6 Å². The number of rotatable bonds is 8. The molecule has 9 atom stereocenters. The molecule has 1 aromatic heterocycles. The van der Waals surface area contributed by atoms with Crippen LogP contribution in [-0.4, -0.2) is 72.5 Å². The van der Waals surface area contributed by atoms with Crippen molar-refractivity contribution >= 4 is 18.2 Å². The third-order valence-electron chi connectivity index (χ3n) is 11.3. The van der Waals surface area contributed by atoms with Crippen LogP contribution in [0.25, 0.3) is 0 Å². The number of ether oxygens (including phenoxy) is 2. The maximum Gasteiger partial charge on any atom is 0.361 e. The van der Waals surface area contributed by atoms with Gasteiger partial charge in [0.2, 0.25) is 0 Å². The zero-order valence-electron chi connectivity index (χ0n) is 24.7. The number of carbonyl (C=O) groups is 3. The molecule has 0 aliphatic heterocycles. The van der Waals surface area contributed by atoms with Gasteiger partial charge >= 0.3 is 17.6 Å². The SMILES string of the molecule is CCOC(=O)C[NH+](C)CC(=O)OC1CCC2(C=O)C3CCC4(C)C(c5ccc(=O)oc5)CCC4(O)C3CCC2(O)C1.[Cl-]. The van der Waals surface area contributed by atoms with Gasteiger partial charge in [-0.2, -0.15) is 0 Å². The van der Waals surface area contributed by atoms with Gasteiger partial charge in [0.05, 0.1) is 36.5 Å². The molecule has 5 rings (SSSR count). The van der Waals surface area contributed by atoms with Gasteiger partial charge in [0.25, 0.3) is 0 Å². The molecule has 0 spiro atoms. The Morgan fingerprint density at radius 3 is 2.43 bits per heavy atom. The molecular formula is C31H44ClNO9. The normalized spacial score (nSPS) is 39.5. The Kier molecular flexibility index (Phi) is 9.34. The van der Waals surface area contributed by atoms with Crippen LogP contribution in [0, 0.1) is 22.7 Å². The van der Waals surface area contributed by atoms with Crippen molar-refractivity contribution in [3.8, 4) is 0 Å². The Bertz CT molecular complexity index is 1220. The number of aldehydes is 1. The maximum atomic E-state index is 13.0. The molecule has 0 bridgehead atoms. The Hall–Kier alpha value is -2.27. The van der Waals surface area contributed by atoms with Gasteiger partial charge in [-0.3, -0.25) is 0 Å². The van der Waals surface area contributed by atoms with Crippen molar-refractivity contribution in [2.75, 3.05) is 26.7 Å². The summed E-state index contributed by atoms with van der Waals surface area (Å²) in [7, 11) is 1.72. The van der Waals surface area contributed by atoms with E-state index in [1.807, 2.05) is 0 Å². The van der Waals surface area contributed by atoms with Gasteiger partial charge < -0.3 is 46.2 Å². The van der Waals surface area contributed by atoms with E-state index >= 15 is 0 Å². The largest absolute Gasteiger partial charge is 1.00 e. The number of aliphatic hydroxyl groups is 2. The molecule has 10 nitrogen and oxygen atoms in total. The van der Waals surface area contributed by atoms with Crippen molar-refractivity contribution in [1.82, 2.24) is 0 Å². The van der Waals surface area contributed by atoms with Crippen molar-refractivity contribution in [1.29, 1.82) is 0 Å². The monoisotopic (exact) mass is 609 g/mol. The topological polar surface area (TPSA) is 145 Å². The highest BCUT2D eigenvalue weighted by Gasteiger charge is 2.71. The van der Waals surface area contributed by atoms with Crippen molar-refractivity contribution in [2.45, 2.75) is 94.9 Å². The molecule has 4 fully saturated rings. The first-order valence-electron chi connectivity index (χ1n) is 15.1. The molecule has 4 saturated carbocycles. The summed E-state index contributed by atoms with van der Waals surface area (Å²) in [6.07, 6.45) is 6.60. The predicted molar refractivity (Wildman–Crippen MR) is 146 cm³/mol.